The number of anilines is 1. The lowest BCUT2D eigenvalue weighted by molar-refractivity contribution is -0.105. The highest BCUT2D eigenvalue weighted by molar-refractivity contribution is 9.10. The summed E-state index contributed by atoms with van der Waals surface area (Å²) < 4.78 is 0.815. The van der Waals surface area contributed by atoms with E-state index in [0.717, 1.165) is 15.6 Å². The molecule has 1 amide bonds. The zero-order valence-corrected chi connectivity index (χ0v) is 11.4. The van der Waals surface area contributed by atoms with Crippen LogP contribution in [0.2, 0.25) is 0 Å². The minimum absolute atomic E-state index is 0.183. The van der Waals surface area contributed by atoms with Crippen LogP contribution >= 0.6 is 15.9 Å². The molecule has 0 atom stereocenters. The number of para-hydroxylation sites is 1. The molecule has 92 valence electrons. The van der Waals surface area contributed by atoms with Crippen molar-refractivity contribution in [3.05, 3.63) is 46.4 Å². The number of amides is 1. The van der Waals surface area contributed by atoms with E-state index in [-0.39, 0.29) is 5.75 Å². The number of carbonyl (C=O) groups excluding carboxylic acids is 1. The Morgan fingerprint density at radius 2 is 1.89 bits per heavy atom. The normalized spacial score (nSPS) is 10.1. The predicted molar refractivity (Wildman–Crippen MR) is 75.7 cm³/mol. The Morgan fingerprint density at radius 3 is 2.56 bits per heavy atom. The third kappa shape index (κ3) is 2.24. The van der Waals surface area contributed by atoms with E-state index in [2.05, 4.69) is 21.2 Å². The van der Waals surface area contributed by atoms with E-state index in [1.54, 1.807) is 12.1 Å². The average molecular weight is 306 g/mol. The van der Waals surface area contributed by atoms with Crippen molar-refractivity contribution in [2.45, 2.75) is 6.92 Å². The Balaban J connectivity index is 2.68. The summed E-state index contributed by atoms with van der Waals surface area (Å²) >= 11 is 3.45. The van der Waals surface area contributed by atoms with Crippen LogP contribution in [0.3, 0.4) is 0 Å². The van der Waals surface area contributed by atoms with E-state index in [9.17, 15) is 9.90 Å². The van der Waals surface area contributed by atoms with Gasteiger partial charge in [-0.2, -0.15) is 0 Å². The number of hydrogen-bond acceptors (Lipinski definition) is 2. The SMILES string of the molecule is Cc1ccc(-c2ccccc2O)c(NC=O)c1Br. The van der Waals surface area contributed by atoms with Crippen molar-refractivity contribution in [1.82, 2.24) is 0 Å². The van der Waals surface area contributed by atoms with Crippen LogP contribution < -0.4 is 5.32 Å². The van der Waals surface area contributed by atoms with E-state index >= 15 is 0 Å². The standard InChI is InChI=1S/C14H12BrNO2/c1-9-6-7-11(14(13(9)15)16-8-17)10-4-2-3-5-12(10)18/h2-8,18H,1H3,(H,16,17). The van der Waals surface area contributed by atoms with Crippen LogP contribution in [0.1, 0.15) is 5.56 Å². The highest BCUT2D eigenvalue weighted by Gasteiger charge is 2.12. The maximum atomic E-state index is 10.7. The second-order valence-electron chi connectivity index (χ2n) is 3.90. The molecule has 0 unspecified atom stereocenters. The first-order chi connectivity index (χ1) is 8.65. The summed E-state index contributed by atoms with van der Waals surface area (Å²) in [6.45, 7) is 1.94. The topological polar surface area (TPSA) is 49.3 Å². The van der Waals surface area contributed by atoms with Gasteiger partial charge in [0.25, 0.3) is 0 Å². The first-order valence-corrected chi connectivity index (χ1v) is 6.22. The van der Waals surface area contributed by atoms with Crippen molar-refractivity contribution in [2.24, 2.45) is 0 Å². The molecule has 0 bridgehead atoms. The van der Waals surface area contributed by atoms with Crippen LogP contribution in [0.5, 0.6) is 5.75 Å². The molecule has 0 saturated carbocycles. The second kappa shape index (κ2) is 5.23. The van der Waals surface area contributed by atoms with Crippen molar-refractivity contribution in [2.75, 3.05) is 5.32 Å². The van der Waals surface area contributed by atoms with Crippen molar-refractivity contribution >= 4 is 28.0 Å². The number of aryl methyl sites for hydroxylation is 1. The summed E-state index contributed by atoms with van der Waals surface area (Å²) in [7, 11) is 0. The number of aromatic hydroxyl groups is 1. The average Bonchev–Trinajstić information content (AvgIpc) is 2.37. The lowest BCUT2D eigenvalue weighted by atomic mass is 10.0. The Hall–Kier alpha value is -1.81. The Morgan fingerprint density at radius 1 is 1.17 bits per heavy atom. The molecule has 2 N–H and O–H groups in total. The van der Waals surface area contributed by atoms with Crippen LogP contribution in [0, 0.1) is 6.92 Å². The maximum Gasteiger partial charge on any atom is 0.211 e. The number of benzene rings is 2. The fraction of sp³-hybridized carbons (Fsp3) is 0.0714. The van der Waals surface area contributed by atoms with Gasteiger partial charge in [-0.3, -0.25) is 4.79 Å². The first-order valence-electron chi connectivity index (χ1n) is 5.43. The molecule has 2 aromatic rings. The number of phenols is 1. The molecule has 3 nitrogen and oxygen atoms in total. The molecular weight excluding hydrogens is 294 g/mol. The fourth-order valence-corrected chi connectivity index (χ4v) is 2.27. The van der Waals surface area contributed by atoms with Crippen molar-refractivity contribution in [3.63, 3.8) is 0 Å². The molecule has 0 spiro atoms. The molecule has 0 fully saturated rings. The van der Waals surface area contributed by atoms with Crippen LogP contribution in [0.25, 0.3) is 11.1 Å². The predicted octanol–water partition coefficient (Wildman–Crippen LogP) is 3.70. The number of nitrogens with one attached hydrogen (secondary N) is 1. The Labute approximate surface area is 114 Å². The van der Waals surface area contributed by atoms with Crippen LogP contribution in [-0.4, -0.2) is 11.5 Å². The van der Waals surface area contributed by atoms with Crippen LogP contribution in [0.4, 0.5) is 5.69 Å². The summed E-state index contributed by atoms with van der Waals surface area (Å²) in [6, 6.07) is 10.8. The Kier molecular flexibility index (Phi) is 3.67. The zero-order valence-electron chi connectivity index (χ0n) is 9.77. The van der Waals surface area contributed by atoms with Gasteiger partial charge in [-0.05, 0) is 34.5 Å². The molecule has 0 radical (unpaired) electrons. The van der Waals surface area contributed by atoms with Gasteiger partial charge in [0, 0.05) is 15.6 Å². The van der Waals surface area contributed by atoms with Gasteiger partial charge in [0.1, 0.15) is 5.75 Å². The minimum atomic E-state index is 0.183. The molecule has 0 aromatic heterocycles. The summed E-state index contributed by atoms with van der Waals surface area (Å²) in [4.78, 5) is 10.7. The van der Waals surface area contributed by atoms with E-state index < -0.39 is 0 Å². The van der Waals surface area contributed by atoms with Gasteiger partial charge in [0.05, 0.1) is 5.69 Å². The lowest BCUT2D eigenvalue weighted by Crippen LogP contribution is -1.99. The highest BCUT2D eigenvalue weighted by Crippen LogP contribution is 2.39. The first kappa shape index (κ1) is 12.6. The van der Waals surface area contributed by atoms with E-state index in [0.29, 0.717) is 17.7 Å². The zero-order chi connectivity index (χ0) is 13.1. The van der Waals surface area contributed by atoms with Gasteiger partial charge in [-0.15, -0.1) is 0 Å². The van der Waals surface area contributed by atoms with Gasteiger partial charge >= 0.3 is 0 Å². The van der Waals surface area contributed by atoms with Crippen LogP contribution in [-0.2, 0) is 4.79 Å². The molecule has 2 aromatic carbocycles. The van der Waals surface area contributed by atoms with Crippen molar-refractivity contribution in [1.29, 1.82) is 0 Å². The Bertz CT molecular complexity index is 596. The number of carbonyl (C=O) groups is 1. The number of rotatable bonds is 3. The molecule has 0 saturated heterocycles. The molecule has 0 aliphatic rings. The van der Waals surface area contributed by atoms with E-state index in [1.165, 1.54) is 0 Å². The number of hydrogen-bond donors (Lipinski definition) is 2. The van der Waals surface area contributed by atoms with E-state index in [4.69, 9.17) is 0 Å². The summed E-state index contributed by atoms with van der Waals surface area (Å²) in [6.07, 6.45) is 0.628. The lowest BCUT2D eigenvalue weighted by Gasteiger charge is -2.13. The molecule has 0 aliphatic carbocycles. The maximum absolute atomic E-state index is 10.7. The molecule has 0 heterocycles. The summed E-state index contributed by atoms with van der Waals surface area (Å²) in [5.41, 5.74) is 3.13. The molecular formula is C14H12BrNO2. The molecule has 0 aliphatic heterocycles. The van der Waals surface area contributed by atoms with Crippen LogP contribution in [0.15, 0.2) is 40.9 Å². The molecule has 4 heteroatoms. The van der Waals surface area contributed by atoms with Gasteiger partial charge < -0.3 is 10.4 Å². The molecule has 2 rings (SSSR count). The third-order valence-electron chi connectivity index (χ3n) is 2.73. The van der Waals surface area contributed by atoms with Gasteiger partial charge in [0.2, 0.25) is 6.41 Å². The minimum Gasteiger partial charge on any atom is -0.507 e. The number of phenolic OH excluding ortho intramolecular Hbond substituents is 1. The quantitative estimate of drug-likeness (QED) is 0.850. The van der Waals surface area contributed by atoms with E-state index in [1.807, 2.05) is 31.2 Å². The third-order valence-corrected chi connectivity index (χ3v) is 3.75. The highest BCUT2D eigenvalue weighted by atomic mass is 79.9. The summed E-state index contributed by atoms with van der Waals surface area (Å²) in [5, 5.41) is 12.6. The van der Waals surface area contributed by atoms with Gasteiger partial charge in [-0.25, -0.2) is 0 Å². The number of halogens is 1. The summed E-state index contributed by atoms with van der Waals surface area (Å²) in [5.74, 6) is 0.183. The van der Waals surface area contributed by atoms with Crippen molar-refractivity contribution in [3.8, 4) is 16.9 Å². The molecule has 18 heavy (non-hydrogen) atoms. The fourth-order valence-electron chi connectivity index (χ4n) is 1.81. The monoisotopic (exact) mass is 305 g/mol. The smallest absolute Gasteiger partial charge is 0.211 e. The second-order valence-corrected chi connectivity index (χ2v) is 4.69. The van der Waals surface area contributed by atoms with Crippen molar-refractivity contribution < 1.29 is 9.90 Å². The van der Waals surface area contributed by atoms with Gasteiger partial charge in [-0.1, -0.05) is 30.3 Å². The van der Waals surface area contributed by atoms with Gasteiger partial charge in [0.15, 0.2) is 0 Å². The largest absolute Gasteiger partial charge is 0.507 e.